The molecule has 7 aromatic carbocycles. The minimum atomic E-state index is 0.0212. The Kier molecular flexibility index (Phi) is 6.07. The molecule has 1 aliphatic carbocycles. The van der Waals surface area contributed by atoms with Crippen molar-refractivity contribution < 1.29 is 4.42 Å². The fourth-order valence-corrected chi connectivity index (χ4v) is 8.12. The smallest absolute Gasteiger partial charge is 0.138 e. The highest BCUT2D eigenvalue weighted by Gasteiger charge is 2.31. The molecule has 1 aromatic heterocycles. The van der Waals surface area contributed by atoms with Crippen molar-refractivity contribution in [1.82, 2.24) is 0 Å². The minimum Gasteiger partial charge on any atom is -0.456 e. The normalized spacial score (nSPS) is 15.0. The first-order chi connectivity index (χ1) is 23.8. The third-order valence-electron chi connectivity index (χ3n) is 10.3. The predicted octanol–water partition coefficient (Wildman–Crippen LogP) is 11.9. The molecule has 2 aliphatic rings. The van der Waals surface area contributed by atoms with Crippen LogP contribution in [0.1, 0.15) is 34.3 Å². The first kappa shape index (κ1) is 27.1. The number of hydrogen-bond acceptors (Lipinski definition) is 3. The van der Waals surface area contributed by atoms with Crippen molar-refractivity contribution in [3.05, 3.63) is 186 Å². The summed E-state index contributed by atoms with van der Waals surface area (Å²) >= 11 is 0. The maximum Gasteiger partial charge on any atom is 0.138 e. The van der Waals surface area contributed by atoms with E-state index in [4.69, 9.17) is 4.42 Å². The molecule has 0 saturated carbocycles. The Labute approximate surface area is 279 Å². The maximum atomic E-state index is 6.72. The van der Waals surface area contributed by atoms with Gasteiger partial charge in [0.05, 0.1) is 11.4 Å². The molecular formula is C45H32N2O. The van der Waals surface area contributed by atoms with Gasteiger partial charge in [0.2, 0.25) is 0 Å². The Bertz CT molecular complexity index is 2430. The van der Waals surface area contributed by atoms with E-state index in [9.17, 15) is 0 Å². The van der Waals surface area contributed by atoms with Gasteiger partial charge >= 0.3 is 0 Å². The first-order valence-corrected chi connectivity index (χ1v) is 16.7. The molecule has 0 amide bonds. The van der Waals surface area contributed by atoms with Gasteiger partial charge in [-0.15, -0.1) is 0 Å². The number of benzene rings is 7. The van der Waals surface area contributed by atoms with Crippen LogP contribution in [0.4, 0.5) is 17.1 Å². The SMILES string of the molecule is c1ccc(C2Nc3ccccc3N2c2ccc(-c3cccc4oc5c(CC6c7ccccc7-c7ccccc76)cccc5c34)cc2)cc1. The van der Waals surface area contributed by atoms with Gasteiger partial charge in [0, 0.05) is 22.4 Å². The van der Waals surface area contributed by atoms with Crippen LogP contribution in [0.15, 0.2) is 168 Å². The van der Waals surface area contributed by atoms with E-state index >= 15 is 0 Å². The van der Waals surface area contributed by atoms with Gasteiger partial charge < -0.3 is 14.6 Å². The van der Waals surface area contributed by atoms with E-state index in [0.717, 1.165) is 29.0 Å². The average molecular weight is 617 g/mol. The summed E-state index contributed by atoms with van der Waals surface area (Å²) in [5, 5.41) is 6.08. The molecule has 228 valence electrons. The predicted molar refractivity (Wildman–Crippen MR) is 198 cm³/mol. The Morgan fingerprint density at radius 2 is 1.23 bits per heavy atom. The van der Waals surface area contributed by atoms with Crippen LogP contribution in [0.2, 0.25) is 0 Å². The average Bonchev–Trinajstić information content (AvgIpc) is 3.83. The van der Waals surface area contributed by atoms with Crippen molar-refractivity contribution >= 4 is 39.0 Å². The highest BCUT2D eigenvalue weighted by molar-refractivity contribution is 6.13. The number of fused-ring (bicyclic) bond motifs is 7. The number of nitrogens with zero attached hydrogens (tertiary/aromatic N) is 1. The minimum absolute atomic E-state index is 0.0212. The monoisotopic (exact) mass is 616 g/mol. The summed E-state index contributed by atoms with van der Waals surface area (Å²) in [6.45, 7) is 0. The molecule has 0 fully saturated rings. The number of para-hydroxylation sites is 3. The van der Waals surface area contributed by atoms with Crippen LogP contribution in [0.25, 0.3) is 44.2 Å². The lowest BCUT2D eigenvalue weighted by atomic mass is 9.89. The molecule has 1 unspecified atom stereocenters. The summed E-state index contributed by atoms with van der Waals surface area (Å²) < 4.78 is 6.72. The number of rotatable bonds is 5. The van der Waals surface area contributed by atoms with Gasteiger partial charge in [-0.05, 0) is 81.3 Å². The lowest BCUT2D eigenvalue weighted by Crippen LogP contribution is -2.23. The molecule has 0 radical (unpaired) electrons. The van der Waals surface area contributed by atoms with Crippen molar-refractivity contribution in [2.24, 2.45) is 0 Å². The number of anilines is 3. The molecule has 0 bridgehead atoms. The van der Waals surface area contributed by atoms with Gasteiger partial charge in [0.15, 0.2) is 0 Å². The van der Waals surface area contributed by atoms with Gasteiger partial charge in [-0.1, -0.05) is 133 Å². The third kappa shape index (κ3) is 4.14. The first-order valence-electron chi connectivity index (χ1n) is 16.7. The summed E-state index contributed by atoms with van der Waals surface area (Å²) in [5.74, 6) is 0.299. The summed E-state index contributed by atoms with van der Waals surface area (Å²) in [6, 6.07) is 59.0. The molecule has 48 heavy (non-hydrogen) atoms. The summed E-state index contributed by atoms with van der Waals surface area (Å²) in [6.07, 6.45) is 0.913. The second kappa shape index (κ2) is 10.8. The van der Waals surface area contributed by atoms with Gasteiger partial charge in [0.1, 0.15) is 17.3 Å². The Balaban J connectivity index is 1.04. The molecule has 10 rings (SSSR count). The van der Waals surface area contributed by atoms with Crippen LogP contribution in [-0.2, 0) is 6.42 Å². The van der Waals surface area contributed by atoms with Gasteiger partial charge in [0.25, 0.3) is 0 Å². The van der Waals surface area contributed by atoms with Crippen molar-refractivity contribution in [3.8, 4) is 22.3 Å². The third-order valence-corrected chi connectivity index (χ3v) is 10.3. The molecule has 8 aromatic rings. The largest absolute Gasteiger partial charge is 0.456 e. The van der Waals surface area contributed by atoms with Gasteiger partial charge in [-0.2, -0.15) is 0 Å². The van der Waals surface area contributed by atoms with Crippen LogP contribution < -0.4 is 10.2 Å². The number of furan rings is 1. The molecule has 0 saturated heterocycles. The highest BCUT2D eigenvalue weighted by Crippen LogP contribution is 2.48. The zero-order chi connectivity index (χ0) is 31.6. The lowest BCUT2D eigenvalue weighted by Gasteiger charge is -2.27. The molecule has 1 N–H and O–H groups in total. The van der Waals surface area contributed by atoms with Gasteiger partial charge in [-0.25, -0.2) is 0 Å². The Hall–Kier alpha value is -6.06. The van der Waals surface area contributed by atoms with Crippen molar-refractivity contribution in [2.45, 2.75) is 18.5 Å². The molecule has 1 aliphatic heterocycles. The van der Waals surface area contributed by atoms with Crippen molar-refractivity contribution in [1.29, 1.82) is 0 Å². The van der Waals surface area contributed by atoms with Crippen LogP contribution in [0, 0.1) is 0 Å². The van der Waals surface area contributed by atoms with Gasteiger partial charge in [-0.3, -0.25) is 0 Å². The highest BCUT2D eigenvalue weighted by atomic mass is 16.3. The Morgan fingerprint density at radius 1 is 0.562 bits per heavy atom. The second-order valence-electron chi connectivity index (χ2n) is 12.9. The van der Waals surface area contributed by atoms with Crippen LogP contribution in [0.5, 0.6) is 0 Å². The summed E-state index contributed by atoms with van der Waals surface area (Å²) in [4.78, 5) is 2.40. The van der Waals surface area contributed by atoms with Crippen molar-refractivity contribution in [3.63, 3.8) is 0 Å². The summed E-state index contributed by atoms with van der Waals surface area (Å²) in [7, 11) is 0. The second-order valence-corrected chi connectivity index (χ2v) is 12.9. The molecule has 3 nitrogen and oxygen atoms in total. The lowest BCUT2D eigenvalue weighted by molar-refractivity contribution is 0.659. The Morgan fingerprint density at radius 3 is 2.02 bits per heavy atom. The maximum absolute atomic E-state index is 6.72. The molecule has 1 atom stereocenters. The fraction of sp³-hybridized carbons (Fsp3) is 0.0667. The molecular weight excluding hydrogens is 585 g/mol. The number of hydrogen-bond donors (Lipinski definition) is 1. The molecule has 2 heterocycles. The zero-order valence-corrected chi connectivity index (χ0v) is 26.3. The van der Waals surface area contributed by atoms with E-state index in [-0.39, 0.29) is 6.17 Å². The topological polar surface area (TPSA) is 28.4 Å². The fourth-order valence-electron chi connectivity index (χ4n) is 8.12. The van der Waals surface area contributed by atoms with Crippen LogP contribution in [0.3, 0.4) is 0 Å². The van der Waals surface area contributed by atoms with E-state index in [1.54, 1.807) is 0 Å². The number of nitrogens with one attached hydrogen (secondary N) is 1. The van der Waals surface area contributed by atoms with Crippen LogP contribution in [-0.4, -0.2) is 0 Å². The zero-order valence-electron chi connectivity index (χ0n) is 26.3. The summed E-state index contributed by atoms with van der Waals surface area (Å²) in [5.41, 5.74) is 15.7. The van der Waals surface area contributed by atoms with E-state index < -0.39 is 0 Å². The quantitative estimate of drug-likeness (QED) is 0.209. The standard InChI is InChI=1S/C45H32N2O/c1-2-12-30(13-3-1)45-46-40-21-8-9-22-41(40)47(45)32-26-24-29(25-27-32)33-19-11-23-42-43(33)38-20-10-14-31(44(38)48-42)28-39-36-17-6-4-15-34(36)35-16-5-7-18-37(35)39/h1-27,39,45-46H,28H2. The van der Waals surface area contributed by atoms with E-state index in [1.165, 1.54) is 61.0 Å². The van der Waals surface area contributed by atoms with E-state index in [2.05, 4.69) is 174 Å². The molecule has 0 spiro atoms. The van der Waals surface area contributed by atoms with Crippen molar-refractivity contribution in [2.75, 3.05) is 10.2 Å². The van der Waals surface area contributed by atoms with E-state index in [0.29, 0.717) is 5.92 Å². The van der Waals surface area contributed by atoms with Crippen LogP contribution >= 0.6 is 0 Å². The van der Waals surface area contributed by atoms with E-state index in [1.807, 2.05) is 0 Å². The molecule has 3 heteroatoms.